The summed E-state index contributed by atoms with van der Waals surface area (Å²) in [5.74, 6) is 0.712. The summed E-state index contributed by atoms with van der Waals surface area (Å²) in [6.07, 6.45) is 0. The normalized spacial score (nSPS) is 14.3. The van der Waals surface area contributed by atoms with Crippen LogP contribution in [0.3, 0.4) is 0 Å². The van der Waals surface area contributed by atoms with Gasteiger partial charge in [-0.15, -0.1) is 0 Å². The zero-order valence-corrected chi connectivity index (χ0v) is 10.1. The Labute approximate surface area is 100 Å². The molecule has 1 aliphatic heterocycles. The van der Waals surface area contributed by atoms with Crippen LogP contribution in [-0.2, 0) is 0 Å². The number of hydrogen-bond donors (Lipinski definition) is 0. The monoisotopic (exact) mass is 236 g/mol. The summed E-state index contributed by atoms with van der Waals surface area (Å²) < 4.78 is 5.55. The van der Waals surface area contributed by atoms with Gasteiger partial charge < -0.3 is 9.64 Å². The van der Waals surface area contributed by atoms with Gasteiger partial charge in [0.2, 0.25) is 0 Å². The van der Waals surface area contributed by atoms with Crippen LogP contribution in [0.15, 0.2) is 12.1 Å². The molecule has 0 radical (unpaired) electrons. The number of halogens is 1. The maximum absolute atomic E-state index is 9.13. The lowest BCUT2D eigenvalue weighted by Gasteiger charge is -2.35. The Bertz CT molecular complexity index is 451. The van der Waals surface area contributed by atoms with Crippen LogP contribution in [0.1, 0.15) is 19.4 Å². The van der Waals surface area contributed by atoms with E-state index in [9.17, 15) is 0 Å². The molecule has 0 bridgehead atoms. The molecule has 84 valence electrons. The number of rotatable bonds is 1. The van der Waals surface area contributed by atoms with Crippen molar-refractivity contribution in [3.05, 3.63) is 22.7 Å². The van der Waals surface area contributed by atoms with Crippen molar-refractivity contribution < 1.29 is 4.74 Å². The Morgan fingerprint density at radius 2 is 2.25 bits per heavy atom. The van der Waals surface area contributed by atoms with Gasteiger partial charge in [-0.1, -0.05) is 11.6 Å². The standard InChI is InChI=1S/C12H13ClN2O/c1-8(2)15-3-4-16-11-6-10(13)5-9(7-14)12(11)15/h5-6,8H,3-4H2,1-2H3. The molecule has 0 aliphatic carbocycles. The molecule has 3 nitrogen and oxygen atoms in total. The lowest BCUT2D eigenvalue weighted by atomic mass is 10.1. The smallest absolute Gasteiger partial charge is 0.145 e. The molecule has 1 heterocycles. The van der Waals surface area contributed by atoms with Crippen molar-refractivity contribution >= 4 is 17.3 Å². The first kappa shape index (κ1) is 11.1. The third-order valence-electron chi connectivity index (χ3n) is 2.66. The lowest BCUT2D eigenvalue weighted by molar-refractivity contribution is 0.302. The molecule has 0 N–H and O–H groups in total. The maximum Gasteiger partial charge on any atom is 0.145 e. The quantitative estimate of drug-likeness (QED) is 0.752. The van der Waals surface area contributed by atoms with E-state index >= 15 is 0 Å². The van der Waals surface area contributed by atoms with E-state index < -0.39 is 0 Å². The molecule has 0 aromatic heterocycles. The minimum atomic E-state index is 0.343. The lowest BCUT2D eigenvalue weighted by Crippen LogP contribution is -2.38. The van der Waals surface area contributed by atoms with Gasteiger partial charge in [0.15, 0.2) is 0 Å². The molecule has 0 atom stereocenters. The fraction of sp³-hybridized carbons (Fsp3) is 0.417. The Kier molecular flexibility index (Phi) is 2.93. The van der Waals surface area contributed by atoms with Crippen LogP contribution in [0.4, 0.5) is 5.69 Å². The van der Waals surface area contributed by atoms with Gasteiger partial charge in [0.1, 0.15) is 18.4 Å². The van der Waals surface area contributed by atoms with Crippen LogP contribution >= 0.6 is 11.6 Å². The molecular formula is C12H13ClN2O. The van der Waals surface area contributed by atoms with Gasteiger partial charge in [-0.05, 0) is 19.9 Å². The summed E-state index contributed by atoms with van der Waals surface area (Å²) in [7, 11) is 0. The molecule has 0 saturated heterocycles. The van der Waals surface area contributed by atoms with Crippen LogP contribution in [0.5, 0.6) is 5.75 Å². The molecule has 16 heavy (non-hydrogen) atoms. The summed E-state index contributed by atoms with van der Waals surface area (Å²) in [6, 6.07) is 5.97. The first-order chi connectivity index (χ1) is 7.63. The fourth-order valence-electron chi connectivity index (χ4n) is 1.95. The molecule has 0 unspecified atom stereocenters. The molecule has 1 aromatic rings. The van der Waals surface area contributed by atoms with E-state index in [0.717, 1.165) is 12.2 Å². The number of nitrogens with zero attached hydrogens (tertiary/aromatic N) is 2. The minimum Gasteiger partial charge on any atom is -0.489 e. The predicted octanol–water partition coefficient (Wildman–Crippen LogP) is 2.82. The van der Waals surface area contributed by atoms with Crippen LogP contribution in [0, 0.1) is 11.3 Å². The van der Waals surface area contributed by atoms with E-state index in [1.807, 2.05) is 0 Å². The van der Waals surface area contributed by atoms with Gasteiger partial charge in [0.05, 0.1) is 17.8 Å². The first-order valence-corrected chi connectivity index (χ1v) is 5.64. The van der Waals surface area contributed by atoms with Crippen LogP contribution in [-0.4, -0.2) is 19.2 Å². The zero-order chi connectivity index (χ0) is 11.7. The Morgan fingerprint density at radius 1 is 1.50 bits per heavy atom. The van der Waals surface area contributed by atoms with Crippen LogP contribution in [0.25, 0.3) is 0 Å². The maximum atomic E-state index is 9.13. The Balaban J connectivity index is 2.58. The van der Waals surface area contributed by atoms with Gasteiger partial charge in [0, 0.05) is 17.1 Å². The highest BCUT2D eigenvalue weighted by Gasteiger charge is 2.24. The van der Waals surface area contributed by atoms with Crippen molar-refractivity contribution in [3.8, 4) is 11.8 Å². The van der Waals surface area contributed by atoms with Crippen molar-refractivity contribution in [2.24, 2.45) is 0 Å². The highest BCUT2D eigenvalue weighted by Crippen LogP contribution is 2.38. The van der Waals surface area contributed by atoms with E-state index in [1.54, 1.807) is 12.1 Å². The van der Waals surface area contributed by atoms with E-state index in [-0.39, 0.29) is 0 Å². The average Bonchev–Trinajstić information content (AvgIpc) is 2.26. The number of benzene rings is 1. The molecule has 0 amide bonds. The Morgan fingerprint density at radius 3 is 2.88 bits per heavy atom. The van der Waals surface area contributed by atoms with Gasteiger partial charge in [-0.3, -0.25) is 0 Å². The second kappa shape index (κ2) is 4.23. The van der Waals surface area contributed by atoms with Gasteiger partial charge in [-0.25, -0.2) is 0 Å². The molecule has 0 fully saturated rings. The van der Waals surface area contributed by atoms with Gasteiger partial charge >= 0.3 is 0 Å². The highest BCUT2D eigenvalue weighted by molar-refractivity contribution is 6.31. The summed E-state index contributed by atoms with van der Waals surface area (Å²) in [6.45, 7) is 5.65. The second-order valence-electron chi connectivity index (χ2n) is 4.05. The topological polar surface area (TPSA) is 36.3 Å². The third kappa shape index (κ3) is 1.81. The van der Waals surface area contributed by atoms with E-state index in [2.05, 4.69) is 24.8 Å². The molecule has 4 heteroatoms. The number of anilines is 1. The highest BCUT2D eigenvalue weighted by atomic mass is 35.5. The first-order valence-electron chi connectivity index (χ1n) is 5.26. The molecule has 2 rings (SSSR count). The molecule has 1 aliphatic rings. The van der Waals surface area contributed by atoms with Crippen molar-refractivity contribution in [2.75, 3.05) is 18.1 Å². The van der Waals surface area contributed by atoms with Gasteiger partial charge in [-0.2, -0.15) is 5.26 Å². The number of nitriles is 1. The zero-order valence-electron chi connectivity index (χ0n) is 9.33. The number of hydrogen-bond acceptors (Lipinski definition) is 3. The van der Waals surface area contributed by atoms with Crippen molar-refractivity contribution in [3.63, 3.8) is 0 Å². The number of fused-ring (bicyclic) bond motifs is 1. The van der Waals surface area contributed by atoms with E-state index in [1.165, 1.54) is 0 Å². The summed E-state index contributed by atoms with van der Waals surface area (Å²) >= 11 is 5.94. The fourth-order valence-corrected chi connectivity index (χ4v) is 2.16. The molecule has 0 spiro atoms. The molecule has 1 aromatic carbocycles. The van der Waals surface area contributed by atoms with Crippen LogP contribution in [0.2, 0.25) is 5.02 Å². The van der Waals surface area contributed by atoms with Gasteiger partial charge in [0.25, 0.3) is 0 Å². The Hall–Kier alpha value is -1.40. The summed E-state index contributed by atoms with van der Waals surface area (Å²) in [5, 5.41) is 9.67. The largest absolute Gasteiger partial charge is 0.489 e. The molecular weight excluding hydrogens is 224 g/mol. The number of ether oxygens (including phenoxy) is 1. The summed E-state index contributed by atoms with van der Waals surface area (Å²) in [5.41, 5.74) is 1.45. The van der Waals surface area contributed by atoms with Crippen molar-refractivity contribution in [2.45, 2.75) is 19.9 Å². The molecule has 0 saturated carbocycles. The van der Waals surface area contributed by atoms with Crippen molar-refractivity contribution in [1.82, 2.24) is 0 Å². The SMILES string of the molecule is CC(C)N1CCOc2cc(Cl)cc(C#N)c21. The minimum absolute atomic E-state index is 0.343. The van der Waals surface area contributed by atoms with E-state index in [0.29, 0.717) is 29.0 Å². The predicted molar refractivity (Wildman–Crippen MR) is 64.1 cm³/mol. The second-order valence-corrected chi connectivity index (χ2v) is 4.48. The van der Waals surface area contributed by atoms with Crippen molar-refractivity contribution in [1.29, 1.82) is 5.26 Å². The van der Waals surface area contributed by atoms with E-state index in [4.69, 9.17) is 21.6 Å². The average molecular weight is 237 g/mol. The van der Waals surface area contributed by atoms with Crippen LogP contribution < -0.4 is 9.64 Å². The summed E-state index contributed by atoms with van der Waals surface area (Å²) in [4.78, 5) is 2.17. The third-order valence-corrected chi connectivity index (χ3v) is 2.88.